The predicted molar refractivity (Wildman–Crippen MR) is 161 cm³/mol. The van der Waals surface area contributed by atoms with Gasteiger partial charge in [-0.05, 0) is 54.2 Å². The second-order valence-corrected chi connectivity index (χ2v) is 10.7. The van der Waals surface area contributed by atoms with Crippen molar-refractivity contribution in [2.24, 2.45) is 5.92 Å². The fraction of sp³-hybridized carbons (Fsp3) is 0.559. The summed E-state index contributed by atoms with van der Waals surface area (Å²) in [7, 11) is 0. The van der Waals surface area contributed by atoms with Gasteiger partial charge in [0.1, 0.15) is 5.75 Å². The lowest BCUT2D eigenvalue weighted by Crippen LogP contribution is -2.11. The van der Waals surface area contributed by atoms with E-state index in [-0.39, 0.29) is 18.8 Å². The van der Waals surface area contributed by atoms with Crippen molar-refractivity contribution in [2.75, 3.05) is 19.8 Å². The van der Waals surface area contributed by atoms with Crippen molar-refractivity contribution in [3.05, 3.63) is 54.1 Å². The molecule has 2 aromatic carbocycles. The third-order valence-electron chi connectivity index (χ3n) is 7.12. The Morgan fingerprint density at radius 1 is 0.683 bits per heavy atom. The van der Waals surface area contributed by atoms with Crippen molar-refractivity contribution in [3.63, 3.8) is 0 Å². The van der Waals surface area contributed by atoms with Crippen LogP contribution < -0.4 is 4.74 Å². The highest BCUT2D eigenvalue weighted by Crippen LogP contribution is 2.23. The van der Waals surface area contributed by atoms with Crippen LogP contribution in [-0.2, 0) is 19.1 Å². The zero-order valence-electron chi connectivity index (χ0n) is 24.9. The molecule has 1 unspecified atom stereocenters. The number of esters is 2. The van der Waals surface area contributed by atoms with Gasteiger partial charge in [-0.3, -0.25) is 9.59 Å². The Bertz CT molecular complexity index is 1010. The summed E-state index contributed by atoms with van der Waals surface area (Å²) in [5.74, 6) is -0.439. The highest BCUT2D eigenvalue weighted by atomic mass is 16.5. The van der Waals surface area contributed by atoms with E-state index in [2.05, 4.69) is 13.8 Å². The lowest BCUT2D eigenvalue weighted by Gasteiger charge is -2.10. The Balaban J connectivity index is 1.47. The highest BCUT2D eigenvalue weighted by molar-refractivity contribution is 5.90. The number of rotatable bonds is 22. The Kier molecular flexibility index (Phi) is 16.9. The SMILES string of the molecule is CCC(C)COC(=O)c1ccc(-c2ccc(OCCCCCCCCCCCCOC(=O)CCC(=O)O)cc2)cc1. The van der Waals surface area contributed by atoms with Crippen molar-refractivity contribution >= 4 is 17.9 Å². The molecule has 0 aliphatic heterocycles. The van der Waals surface area contributed by atoms with Crippen LogP contribution >= 0.6 is 0 Å². The fourth-order valence-corrected chi connectivity index (χ4v) is 4.24. The third-order valence-corrected chi connectivity index (χ3v) is 7.12. The van der Waals surface area contributed by atoms with Crippen molar-refractivity contribution in [2.45, 2.75) is 97.3 Å². The maximum absolute atomic E-state index is 12.2. The van der Waals surface area contributed by atoms with Crippen LogP contribution in [0.2, 0.25) is 0 Å². The molecule has 2 rings (SSSR count). The number of benzene rings is 2. The van der Waals surface area contributed by atoms with E-state index in [1.54, 1.807) is 0 Å². The molecule has 226 valence electrons. The van der Waals surface area contributed by atoms with Gasteiger partial charge < -0.3 is 19.3 Å². The van der Waals surface area contributed by atoms with Gasteiger partial charge in [0, 0.05) is 0 Å². The molecule has 2 aromatic rings. The van der Waals surface area contributed by atoms with Gasteiger partial charge in [-0.2, -0.15) is 0 Å². The third kappa shape index (κ3) is 15.3. The normalized spacial score (nSPS) is 11.6. The van der Waals surface area contributed by atoms with E-state index >= 15 is 0 Å². The van der Waals surface area contributed by atoms with E-state index < -0.39 is 11.9 Å². The van der Waals surface area contributed by atoms with Gasteiger partial charge in [-0.1, -0.05) is 95.9 Å². The van der Waals surface area contributed by atoms with Crippen LogP contribution in [0.25, 0.3) is 11.1 Å². The van der Waals surface area contributed by atoms with Crippen LogP contribution in [0.1, 0.15) is 108 Å². The molecule has 0 fully saturated rings. The van der Waals surface area contributed by atoms with Gasteiger partial charge in [0.15, 0.2) is 0 Å². The van der Waals surface area contributed by atoms with E-state index in [0.717, 1.165) is 55.4 Å². The zero-order chi connectivity index (χ0) is 29.7. The molecule has 41 heavy (non-hydrogen) atoms. The number of carboxylic acids is 1. The Morgan fingerprint density at radius 3 is 1.73 bits per heavy atom. The minimum atomic E-state index is -0.976. The quantitative estimate of drug-likeness (QED) is 0.113. The minimum Gasteiger partial charge on any atom is -0.494 e. The number of hydrogen-bond acceptors (Lipinski definition) is 6. The van der Waals surface area contributed by atoms with Crippen molar-refractivity contribution in [1.29, 1.82) is 0 Å². The Hall–Kier alpha value is -3.35. The molecule has 0 heterocycles. The fourth-order valence-electron chi connectivity index (χ4n) is 4.24. The molecule has 0 radical (unpaired) electrons. The van der Waals surface area contributed by atoms with Crippen LogP contribution in [-0.4, -0.2) is 42.8 Å². The van der Waals surface area contributed by atoms with Gasteiger partial charge >= 0.3 is 17.9 Å². The molecule has 0 spiro atoms. The molecule has 1 atom stereocenters. The Labute approximate surface area is 245 Å². The van der Waals surface area contributed by atoms with Crippen LogP contribution in [0.4, 0.5) is 0 Å². The minimum absolute atomic E-state index is 0.0501. The van der Waals surface area contributed by atoms with Gasteiger partial charge in [0.25, 0.3) is 0 Å². The molecular weight excluding hydrogens is 520 g/mol. The Morgan fingerprint density at radius 2 is 1.20 bits per heavy atom. The predicted octanol–water partition coefficient (Wildman–Crippen LogP) is 8.24. The molecule has 0 amide bonds. The number of carboxylic acid groups (broad SMARTS) is 1. The first kappa shape index (κ1) is 33.9. The lowest BCUT2D eigenvalue weighted by atomic mass is 10.0. The second kappa shape index (κ2) is 20.5. The number of unbranched alkanes of at least 4 members (excludes halogenated alkanes) is 9. The summed E-state index contributed by atoms with van der Waals surface area (Å²) in [6.07, 6.45) is 12.1. The monoisotopic (exact) mass is 568 g/mol. The van der Waals surface area contributed by atoms with Crippen molar-refractivity contribution in [3.8, 4) is 16.9 Å². The number of ether oxygens (including phenoxy) is 3. The van der Waals surface area contributed by atoms with Gasteiger partial charge in [0.2, 0.25) is 0 Å². The molecule has 7 nitrogen and oxygen atoms in total. The summed E-state index contributed by atoms with van der Waals surface area (Å²) in [4.78, 5) is 34.0. The molecule has 1 N–H and O–H groups in total. The summed E-state index contributed by atoms with van der Waals surface area (Å²) < 4.78 is 16.3. The highest BCUT2D eigenvalue weighted by Gasteiger charge is 2.10. The first-order valence-corrected chi connectivity index (χ1v) is 15.3. The summed E-state index contributed by atoms with van der Waals surface area (Å²) in [6, 6.07) is 15.6. The molecule has 0 saturated heterocycles. The number of carbonyl (C=O) groups excluding carboxylic acids is 2. The summed E-state index contributed by atoms with van der Waals surface area (Å²) >= 11 is 0. The van der Waals surface area contributed by atoms with E-state index in [1.807, 2.05) is 48.5 Å². The van der Waals surface area contributed by atoms with E-state index in [1.165, 1.54) is 32.1 Å². The lowest BCUT2D eigenvalue weighted by molar-refractivity contribution is -0.147. The molecule has 7 heteroatoms. The number of carbonyl (C=O) groups is 3. The first-order chi connectivity index (χ1) is 19.9. The zero-order valence-corrected chi connectivity index (χ0v) is 24.9. The molecule has 0 saturated carbocycles. The van der Waals surface area contributed by atoms with Crippen LogP contribution in [0.3, 0.4) is 0 Å². The molecular formula is C34H48O7. The second-order valence-electron chi connectivity index (χ2n) is 10.7. The maximum Gasteiger partial charge on any atom is 0.338 e. The van der Waals surface area contributed by atoms with Crippen molar-refractivity contribution < 1.29 is 33.7 Å². The molecule has 0 aliphatic rings. The maximum atomic E-state index is 12.2. The average molecular weight is 569 g/mol. The molecule has 0 aliphatic carbocycles. The topological polar surface area (TPSA) is 99.1 Å². The number of aliphatic carboxylic acids is 1. The van der Waals surface area contributed by atoms with E-state index in [0.29, 0.717) is 31.3 Å². The summed E-state index contributed by atoms with van der Waals surface area (Å²) in [5, 5.41) is 8.54. The van der Waals surface area contributed by atoms with Crippen LogP contribution in [0.5, 0.6) is 5.75 Å². The van der Waals surface area contributed by atoms with Gasteiger partial charge in [-0.25, -0.2) is 4.79 Å². The summed E-state index contributed by atoms with van der Waals surface area (Å²) in [6.45, 7) is 5.71. The molecule has 0 bridgehead atoms. The van der Waals surface area contributed by atoms with Gasteiger partial charge in [0.05, 0.1) is 38.2 Å². The van der Waals surface area contributed by atoms with Gasteiger partial charge in [-0.15, -0.1) is 0 Å². The van der Waals surface area contributed by atoms with Crippen LogP contribution in [0.15, 0.2) is 48.5 Å². The van der Waals surface area contributed by atoms with Crippen molar-refractivity contribution in [1.82, 2.24) is 0 Å². The number of hydrogen-bond donors (Lipinski definition) is 1. The standard InChI is InChI=1S/C34H48O7/c1-3-27(2)26-41-34(38)30-16-14-28(15-17-30)29-18-20-31(21-19-29)39-24-12-10-8-6-4-5-7-9-11-13-25-40-33(37)23-22-32(35)36/h14-21,27H,3-13,22-26H2,1-2H3,(H,35,36). The average Bonchev–Trinajstić information content (AvgIpc) is 2.99. The largest absolute Gasteiger partial charge is 0.494 e. The van der Waals surface area contributed by atoms with E-state index in [9.17, 15) is 14.4 Å². The van der Waals surface area contributed by atoms with Crippen LogP contribution in [0, 0.1) is 5.92 Å². The summed E-state index contributed by atoms with van der Waals surface area (Å²) in [5.41, 5.74) is 2.70. The first-order valence-electron chi connectivity index (χ1n) is 15.3. The molecule has 0 aromatic heterocycles. The van der Waals surface area contributed by atoms with E-state index in [4.69, 9.17) is 19.3 Å². The smallest absolute Gasteiger partial charge is 0.338 e.